The van der Waals surface area contributed by atoms with Crippen LogP contribution in [-0.4, -0.2) is 106 Å². The number of aromatic hydroxyl groups is 1. The number of sulfone groups is 1. The quantitative estimate of drug-likeness (QED) is 0.0253. The number of nitrogens with zero attached hydrogens (tertiary/aromatic N) is 2. The summed E-state index contributed by atoms with van der Waals surface area (Å²) in [6, 6.07) is 21.0. The van der Waals surface area contributed by atoms with Gasteiger partial charge >= 0.3 is 5.22 Å². The molecule has 65 heavy (non-hydrogen) atoms. The lowest BCUT2D eigenvalue weighted by Gasteiger charge is -2.18. The fraction of sp³-hybridized carbons (Fsp3) is 0.311. The van der Waals surface area contributed by atoms with Gasteiger partial charge in [0.05, 0.1) is 26.4 Å². The van der Waals surface area contributed by atoms with Gasteiger partial charge in [0.15, 0.2) is 10.5 Å². The Morgan fingerprint density at radius 1 is 0.800 bits per heavy atom. The van der Waals surface area contributed by atoms with Gasteiger partial charge in [-0.25, -0.2) is 8.42 Å². The van der Waals surface area contributed by atoms with Gasteiger partial charge in [0.1, 0.15) is 28.6 Å². The number of rotatable bonds is 25. The number of anilines is 1. The van der Waals surface area contributed by atoms with Crippen molar-refractivity contribution in [3.05, 3.63) is 94.6 Å². The maximum absolute atomic E-state index is 12.4. The first-order valence-electron chi connectivity index (χ1n) is 20.5. The van der Waals surface area contributed by atoms with E-state index in [0.29, 0.717) is 122 Å². The summed E-state index contributed by atoms with van der Waals surface area (Å²) >= 11 is 5.47. The van der Waals surface area contributed by atoms with Crippen molar-refractivity contribution in [1.82, 2.24) is 20.8 Å². The summed E-state index contributed by atoms with van der Waals surface area (Å²) in [5.74, 6) is 0.300. The van der Waals surface area contributed by atoms with E-state index in [4.69, 9.17) is 40.0 Å². The molecule has 6 rings (SSSR count). The number of aromatic nitrogens is 2. The average Bonchev–Trinajstić information content (AvgIpc) is 3.79. The van der Waals surface area contributed by atoms with Gasteiger partial charge in [-0.05, 0) is 79.2 Å². The van der Waals surface area contributed by atoms with Crippen molar-refractivity contribution >= 4 is 62.0 Å². The molecule has 1 aliphatic heterocycles. The molecule has 0 fully saturated rings. The molecule has 0 bridgehead atoms. The molecule has 20 heteroatoms. The molecular weight excluding hydrogens is 883 g/mol. The van der Waals surface area contributed by atoms with Gasteiger partial charge in [-0.3, -0.25) is 19.2 Å². The van der Waals surface area contributed by atoms with Crippen LogP contribution in [0, 0.1) is 0 Å². The molecule has 3 aromatic carbocycles. The minimum Gasteiger partial charge on any atom is -0.508 e. The van der Waals surface area contributed by atoms with Gasteiger partial charge in [0, 0.05) is 103 Å². The molecule has 4 aromatic rings. The molecule has 2 heterocycles. The second kappa shape index (κ2) is 23.4. The number of fused-ring (bicyclic) bond motifs is 2. The van der Waals surface area contributed by atoms with Crippen LogP contribution in [0.3, 0.4) is 0 Å². The third-order valence-electron chi connectivity index (χ3n) is 9.60. The van der Waals surface area contributed by atoms with Crippen LogP contribution in [0.4, 0.5) is 5.69 Å². The van der Waals surface area contributed by atoms with E-state index in [-0.39, 0.29) is 53.8 Å². The van der Waals surface area contributed by atoms with Crippen LogP contribution >= 0.6 is 12.2 Å². The number of phenols is 1. The number of hydrogen-bond donors (Lipinski definition) is 4. The zero-order chi connectivity index (χ0) is 46.2. The second-order valence-electron chi connectivity index (χ2n) is 14.6. The number of benzene rings is 4. The number of thiocarbonyl (C=S) groups is 1. The van der Waals surface area contributed by atoms with Gasteiger partial charge in [0.25, 0.3) is 6.47 Å². The normalized spacial score (nSPS) is 11.4. The lowest BCUT2D eigenvalue weighted by atomic mass is 9.93. The highest BCUT2D eigenvalue weighted by atomic mass is 32.2. The van der Waals surface area contributed by atoms with Crippen molar-refractivity contribution in [2.24, 2.45) is 0 Å². The molecule has 1 aromatic heterocycles. The zero-order valence-electron chi connectivity index (χ0n) is 35.3. The summed E-state index contributed by atoms with van der Waals surface area (Å²) < 4.78 is 56.4. The fourth-order valence-electron chi connectivity index (χ4n) is 6.50. The number of phenolic OH excluding ortho intramolecular Hbond substituents is 1. The number of ether oxygens (including phenoxy) is 4. The highest BCUT2D eigenvalue weighted by Crippen LogP contribution is 2.44. The molecule has 1 amide bonds. The first kappa shape index (κ1) is 47.9. The smallest absolute Gasteiger partial charge is 0.335 e. The molecule has 0 atom stereocenters. The SMILES string of the molecule is CS(=O)(=O)c1nnc(-c2ccc(CC(=O)CCC(=O)NCCCOCCOCCOCCCNC(=S)Nc3ccc(-c4c5ccc(=O)cc-5oc5cc(O)ccc45)c(OC=O)c3)cc2)o1. The summed E-state index contributed by atoms with van der Waals surface area (Å²) in [4.78, 5) is 48.3. The van der Waals surface area contributed by atoms with Crippen molar-refractivity contribution in [3.63, 3.8) is 0 Å². The molecular formula is C45H47N5O13S2. The molecule has 0 radical (unpaired) electrons. The van der Waals surface area contributed by atoms with Crippen LogP contribution in [0.2, 0.25) is 0 Å². The topological polar surface area (TPSA) is 248 Å². The van der Waals surface area contributed by atoms with Crippen LogP contribution in [-0.2, 0) is 44.9 Å². The molecule has 342 valence electrons. The van der Waals surface area contributed by atoms with E-state index < -0.39 is 15.1 Å². The summed E-state index contributed by atoms with van der Waals surface area (Å²) in [5.41, 5.74) is 3.77. The summed E-state index contributed by atoms with van der Waals surface area (Å²) in [6.07, 6.45) is 2.58. The van der Waals surface area contributed by atoms with Crippen molar-refractivity contribution in [1.29, 1.82) is 0 Å². The van der Waals surface area contributed by atoms with Gasteiger partial charge in [-0.15, -0.1) is 5.10 Å². The minimum atomic E-state index is -3.61. The molecule has 1 aliphatic carbocycles. The molecule has 2 aliphatic rings. The van der Waals surface area contributed by atoms with E-state index in [1.54, 1.807) is 54.6 Å². The van der Waals surface area contributed by atoms with Crippen molar-refractivity contribution in [3.8, 4) is 45.4 Å². The number of carbonyl (C=O) groups excluding carboxylic acids is 3. The molecule has 0 unspecified atom stereocenters. The van der Waals surface area contributed by atoms with E-state index in [9.17, 15) is 32.7 Å². The Morgan fingerprint density at radius 3 is 2.18 bits per heavy atom. The third-order valence-corrected chi connectivity index (χ3v) is 10.6. The van der Waals surface area contributed by atoms with Crippen LogP contribution in [0.5, 0.6) is 11.5 Å². The first-order valence-corrected chi connectivity index (χ1v) is 22.8. The number of amides is 1. The third kappa shape index (κ3) is 14.2. The fourth-order valence-corrected chi connectivity index (χ4v) is 7.14. The van der Waals surface area contributed by atoms with Crippen LogP contribution in [0.25, 0.3) is 44.9 Å². The van der Waals surface area contributed by atoms with E-state index in [2.05, 4.69) is 26.1 Å². The number of carbonyl (C=O) groups is 3. The number of Topliss-reactive ketones (excluding diaryl/α,β-unsaturated/α-hetero) is 1. The highest BCUT2D eigenvalue weighted by Gasteiger charge is 2.22. The lowest BCUT2D eigenvalue weighted by Crippen LogP contribution is -2.29. The standard InChI is InChI=1S/C45H47N5O13S2/c1-65(56,57)45-50-49-43(63-45)30-6-4-29(5-7-30)24-32(52)11-15-41(55)46-16-2-18-58-20-22-60-23-21-59-19-3-17-47-44(64)48-31-8-12-35(38(25-31)61-28-51)42-36-13-9-33(53)26-39(36)62-40-27-34(54)10-14-37(40)42/h4-10,12-14,25-28,53H,2-3,11,15-24H2,1H3,(H,46,55)(H2,47,48,64). The van der Waals surface area contributed by atoms with Gasteiger partial charge in [-0.2, -0.15) is 0 Å². The summed E-state index contributed by atoms with van der Waals surface area (Å²) in [7, 11) is -3.61. The molecule has 18 nitrogen and oxygen atoms in total. The Kier molecular flexibility index (Phi) is 17.2. The Bertz CT molecular complexity index is 2740. The Labute approximate surface area is 378 Å². The first-order chi connectivity index (χ1) is 31.4. The maximum atomic E-state index is 12.4. The second-order valence-corrected chi connectivity index (χ2v) is 16.9. The Hall–Kier alpha value is -6.58. The van der Waals surface area contributed by atoms with Crippen LogP contribution in [0.15, 0.2) is 97.7 Å². The van der Waals surface area contributed by atoms with E-state index in [1.807, 2.05) is 0 Å². The number of nitrogens with one attached hydrogen (secondary N) is 3. The van der Waals surface area contributed by atoms with E-state index in [1.165, 1.54) is 24.3 Å². The Balaban J connectivity index is 0.778. The average molecular weight is 930 g/mol. The summed E-state index contributed by atoms with van der Waals surface area (Å²) in [6.45, 7) is 3.80. The number of ketones is 1. The number of hydrogen-bond acceptors (Lipinski definition) is 16. The van der Waals surface area contributed by atoms with E-state index >= 15 is 0 Å². The molecule has 4 N–H and O–H groups in total. The van der Waals surface area contributed by atoms with Gasteiger partial charge in [0.2, 0.25) is 21.6 Å². The largest absolute Gasteiger partial charge is 0.508 e. The van der Waals surface area contributed by atoms with Crippen LogP contribution < -0.4 is 26.1 Å². The lowest BCUT2D eigenvalue weighted by molar-refractivity contribution is -0.125. The Morgan fingerprint density at radius 2 is 1.49 bits per heavy atom. The zero-order valence-corrected chi connectivity index (χ0v) is 37.0. The van der Waals surface area contributed by atoms with Crippen molar-refractivity contribution in [2.45, 2.75) is 37.3 Å². The van der Waals surface area contributed by atoms with Crippen molar-refractivity contribution < 1.29 is 55.7 Å². The predicted molar refractivity (Wildman–Crippen MR) is 243 cm³/mol. The highest BCUT2D eigenvalue weighted by molar-refractivity contribution is 7.90. The summed E-state index contributed by atoms with van der Waals surface area (Å²) in [5, 5.41) is 26.9. The predicted octanol–water partition coefficient (Wildman–Crippen LogP) is 5.08. The van der Waals surface area contributed by atoms with Crippen LogP contribution in [0.1, 0.15) is 31.2 Å². The van der Waals surface area contributed by atoms with E-state index in [0.717, 1.165) is 11.8 Å². The monoisotopic (exact) mass is 929 g/mol. The van der Waals surface area contributed by atoms with Crippen molar-refractivity contribution in [2.75, 3.05) is 64.3 Å². The minimum absolute atomic E-state index is 0.00538. The molecule has 0 spiro atoms. The van der Waals surface area contributed by atoms with Gasteiger partial charge < -0.3 is 48.8 Å². The molecule has 0 saturated heterocycles. The molecule has 0 saturated carbocycles. The van der Waals surface area contributed by atoms with Gasteiger partial charge in [-0.1, -0.05) is 17.2 Å². The maximum Gasteiger partial charge on any atom is 0.335 e.